The molecule has 2 aromatic rings. The average Bonchev–Trinajstić information content (AvgIpc) is 2.69. The van der Waals surface area contributed by atoms with Gasteiger partial charge in [-0.2, -0.15) is 0 Å². The number of carbonyl (C=O) groups is 1. The summed E-state index contributed by atoms with van der Waals surface area (Å²) in [7, 11) is 1.58. The van der Waals surface area contributed by atoms with Crippen LogP contribution in [0.4, 0.5) is 9.52 Å². The van der Waals surface area contributed by atoms with E-state index in [9.17, 15) is 9.18 Å². The highest BCUT2D eigenvalue weighted by atomic mass is 32.1. The smallest absolute Gasteiger partial charge is 0.242 e. The Bertz CT molecular complexity index is 555. The lowest BCUT2D eigenvalue weighted by molar-refractivity contribution is -0.121. The first-order chi connectivity index (χ1) is 8.10. The number of rotatable bonds is 3. The summed E-state index contributed by atoms with van der Waals surface area (Å²) < 4.78 is 13.9. The maximum absolute atomic E-state index is 13.0. The van der Waals surface area contributed by atoms with Crippen molar-refractivity contribution in [2.24, 2.45) is 0 Å². The Labute approximate surface area is 102 Å². The zero-order valence-corrected chi connectivity index (χ0v) is 10.3. The summed E-state index contributed by atoms with van der Waals surface area (Å²) in [5.74, 6) is -0.427. The summed E-state index contributed by atoms with van der Waals surface area (Å²) in [5.41, 5.74) is 0.599. The molecule has 1 unspecified atom stereocenters. The monoisotopic (exact) mass is 253 g/mol. The molecule has 1 aromatic carbocycles. The first-order valence-electron chi connectivity index (χ1n) is 5.14. The van der Waals surface area contributed by atoms with Gasteiger partial charge in [-0.15, -0.1) is 0 Å². The summed E-state index contributed by atoms with van der Waals surface area (Å²) in [6, 6.07) is 4.08. The fourth-order valence-electron chi connectivity index (χ4n) is 1.43. The summed E-state index contributed by atoms with van der Waals surface area (Å²) in [6.07, 6.45) is 0. The van der Waals surface area contributed by atoms with Gasteiger partial charge in [-0.1, -0.05) is 11.3 Å². The number of hydrogen-bond donors (Lipinski definition) is 2. The van der Waals surface area contributed by atoms with Crippen LogP contribution in [0.15, 0.2) is 18.2 Å². The molecule has 0 aliphatic heterocycles. The number of amides is 1. The van der Waals surface area contributed by atoms with Crippen LogP contribution in [-0.4, -0.2) is 24.0 Å². The minimum atomic E-state index is -0.370. The molecule has 1 atom stereocenters. The SMILES string of the molecule is CNC(=O)C(C)Nc1nc2cc(F)ccc2s1. The highest BCUT2D eigenvalue weighted by molar-refractivity contribution is 7.22. The maximum atomic E-state index is 13.0. The van der Waals surface area contributed by atoms with Crippen LogP contribution in [-0.2, 0) is 4.79 Å². The van der Waals surface area contributed by atoms with E-state index >= 15 is 0 Å². The predicted octanol–water partition coefficient (Wildman–Crippen LogP) is 1.98. The molecule has 4 nitrogen and oxygen atoms in total. The molecular formula is C11H12FN3OS. The minimum absolute atomic E-state index is 0.115. The van der Waals surface area contributed by atoms with Gasteiger partial charge in [0, 0.05) is 13.1 Å². The average molecular weight is 253 g/mol. The third-order valence-electron chi connectivity index (χ3n) is 2.33. The van der Waals surface area contributed by atoms with Gasteiger partial charge < -0.3 is 10.6 Å². The Balaban J connectivity index is 2.22. The molecule has 1 aromatic heterocycles. The zero-order valence-electron chi connectivity index (χ0n) is 9.45. The predicted molar refractivity (Wildman–Crippen MR) is 66.7 cm³/mol. The minimum Gasteiger partial charge on any atom is -0.357 e. The number of nitrogens with zero attached hydrogens (tertiary/aromatic N) is 1. The lowest BCUT2D eigenvalue weighted by Gasteiger charge is -2.10. The molecule has 1 heterocycles. The Morgan fingerprint density at radius 2 is 2.29 bits per heavy atom. The molecule has 0 saturated heterocycles. The lowest BCUT2D eigenvalue weighted by atomic mass is 10.3. The number of nitrogens with one attached hydrogen (secondary N) is 2. The number of fused-ring (bicyclic) bond motifs is 1. The zero-order chi connectivity index (χ0) is 12.4. The Morgan fingerprint density at radius 1 is 1.53 bits per heavy atom. The second kappa shape index (κ2) is 4.67. The van der Waals surface area contributed by atoms with Crippen LogP contribution in [0.25, 0.3) is 10.2 Å². The molecular weight excluding hydrogens is 241 g/mol. The highest BCUT2D eigenvalue weighted by Crippen LogP contribution is 2.26. The van der Waals surface area contributed by atoms with Gasteiger partial charge in [-0.3, -0.25) is 4.79 Å². The van der Waals surface area contributed by atoms with E-state index in [2.05, 4.69) is 15.6 Å². The lowest BCUT2D eigenvalue weighted by Crippen LogP contribution is -2.35. The van der Waals surface area contributed by atoms with Gasteiger partial charge in [0.05, 0.1) is 10.2 Å². The quantitative estimate of drug-likeness (QED) is 0.879. The molecule has 0 aliphatic carbocycles. The number of hydrogen-bond acceptors (Lipinski definition) is 4. The van der Waals surface area contributed by atoms with Crippen molar-refractivity contribution in [1.29, 1.82) is 0 Å². The third-order valence-corrected chi connectivity index (χ3v) is 3.30. The van der Waals surface area contributed by atoms with Gasteiger partial charge in [-0.05, 0) is 19.1 Å². The van der Waals surface area contributed by atoms with E-state index < -0.39 is 0 Å². The Hall–Kier alpha value is -1.69. The van der Waals surface area contributed by atoms with Crippen molar-refractivity contribution in [3.8, 4) is 0 Å². The van der Waals surface area contributed by atoms with Gasteiger partial charge in [0.15, 0.2) is 5.13 Å². The molecule has 90 valence electrons. The second-order valence-corrected chi connectivity index (χ2v) is 4.64. The van der Waals surface area contributed by atoms with Gasteiger partial charge in [0.2, 0.25) is 5.91 Å². The topological polar surface area (TPSA) is 54.0 Å². The molecule has 2 rings (SSSR count). The van der Waals surface area contributed by atoms with Gasteiger partial charge in [0.1, 0.15) is 11.9 Å². The first kappa shape index (κ1) is 11.8. The Kier molecular flexibility index (Phi) is 3.23. The summed E-state index contributed by atoms with van der Waals surface area (Å²) in [6.45, 7) is 1.74. The number of thiazole rings is 1. The number of likely N-dealkylation sites (N-methyl/N-ethyl adjacent to an activating group) is 1. The third kappa shape index (κ3) is 2.52. The van der Waals surface area contributed by atoms with Gasteiger partial charge in [-0.25, -0.2) is 9.37 Å². The number of carbonyl (C=O) groups excluding carboxylic acids is 1. The van der Waals surface area contributed by atoms with Crippen LogP contribution in [0.1, 0.15) is 6.92 Å². The Morgan fingerprint density at radius 3 is 3.00 bits per heavy atom. The summed E-state index contributed by atoms with van der Waals surface area (Å²) in [5, 5.41) is 6.13. The van der Waals surface area contributed by atoms with Crippen molar-refractivity contribution in [1.82, 2.24) is 10.3 Å². The largest absolute Gasteiger partial charge is 0.357 e. The molecule has 1 amide bonds. The van der Waals surface area contributed by atoms with E-state index in [0.29, 0.717) is 10.6 Å². The highest BCUT2D eigenvalue weighted by Gasteiger charge is 2.13. The molecule has 0 fully saturated rings. The van der Waals surface area contributed by atoms with Crippen molar-refractivity contribution in [2.75, 3.05) is 12.4 Å². The van der Waals surface area contributed by atoms with Crippen LogP contribution in [0, 0.1) is 5.82 Å². The number of halogens is 1. The molecule has 0 saturated carbocycles. The van der Waals surface area contributed by atoms with E-state index in [1.54, 1.807) is 20.0 Å². The van der Waals surface area contributed by atoms with Crippen molar-refractivity contribution in [2.45, 2.75) is 13.0 Å². The van der Waals surface area contributed by atoms with Crippen molar-refractivity contribution in [3.05, 3.63) is 24.0 Å². The van der Waals surface area contributed by atoms with E-state index in [1.165, 1.54) is 23.5 Å². The van der Waals surface area contributed by atoms with Gasteiger partial charge >= 0.3 is 0 Å². The molecule has 17 heavy (non-hydrogen) atoms. The fraction of sp³-hybridized carbons (Fsp3) is 0.273. The normalized spacial score (nSPS) is 12.4. The van der Waals surface area contributed by atoms with E-state index in [1.807, 2.05) is 0 Å². The standard InChI is InChI=1S/C11H12FN3OS/c1-6(10(16)13-2)14-11-15-8-5-7(12)3-4-9(8)17-11/h3-6H,1-2H3,(H,13,16)(H,14,15). The first-order valence-corrected chi connectivity index (χ1v) is 5.96. The fourth-order valence-corrected chi connectivity index (χ4v) is 2.36. The number of anilines is 1. The molecule has 2 N–H and O–H groups in total. The number of benzene rings is 1. The van der Waals surface area contributed by atoms with Crippen molar-refractivity contribution in [3.63, 3.8) is 0 Å². The van der Waals surface area contributed by atoms with Crippen LogP contribution < -0.4 is 10.6 Å². The molecule has 0 radical (unpaired) electrons. The maximum Gasteiger partial charge on any atom is 0.242 e. The van der Waals surface area contributed by atoms with Gasteiger partial charge in [0.25, 0.3) is 0 Å². The number of aromatic nitrogens is 1. The van der Waals surface area contributed by atoms with E-state index in [-0.39, 0.29) is 17.8 Å². The van der Waals surface area contributed by atoms with E-state index in [0.717, 1.165) is 4.70 Å². The molecule has 0 aliphatic rings. The van der Waals surface area contributed by atoms with Crippen LogP contribution >= 0.6 is 11.3 Å². The molecule has 0 bridgehead atoms. The summed E-state index contributed by atoms with van der Waals surface area (Å²) in [4.78, 5) is 15.5. The molecule has 6 heteroatoms. The van der Waals surface area contributed by atoms with Crippen molar-refractivity contribution >= 4 is 32.6 Å². The summed E-state index contributed by atoms with van der Waals surface area (Å²) >= 11 is 1.39. The van der Waals surface area contributed by atoms with Crippen molar-refractivity contribution < 1.29 is 9.18 Å². The molecule has 0 spiro atoms. The van der Waals surface area contributed by atoms with Crippen LogP contribution in [0.3, 0.4) is 0 Å². The second-order valence-electron chi connectivity index (χ2n) is 3.61. The van der Waals surface area contributed by atoms with Crippen LogP contribution in [0.5, 0.6) is 0 Å². The van der Waals surface area contributed by atoms with E-state index in [4.69, 9.17) is 0 Å². The van der Waals surface area contributed by atoms with Crippen LogP contribution in [0.2, 0.25) is 0 Å².